The fourth-order valence-corrected chi connectivity index (χ4v) is 9.07. The molecule has 65 heavy (non-hydrogen) atoms. The highest BCUT2D eigenvalue weighted by Gasteiger charge is 2.24. The van der Waals surface area contributed by atoms with Crippen molar-refractivity contribution >= 4 is 11.9 Å². The first-order valence-corrected chi connectivity index (χ1v) is 29.1. The number of esters is 1. The van der Waals surface area contributed by atoms with Gasteiger partial charge in [0.25, 0.3) is 0 Å². The Hall–Kier alpha value is -1.66. The lowest BCUT2D eigenvalue weighted by Crippen LogP contribution is -2.46. The molecule has 6 heteroatoms. The second-order valence-electron chi connectivity index (χ2n) is 20.0. The molecule has 0 radical (unpaired) electrons. The van der Waals surface area contributed by atoms with E-state index in [1.807, 2.05) is 0 Å². The molecule has 0 aliphatic rings. The lowest BCUT2D eigenvalue weighted by Gasteiger charge is -2.24. The molecule has 0 aliphatic carbocycles. The molecule has 3 atom stereocenters. The molecule has 0 saturated carbocycles. The first kappa shape index (κ1) is 63.3. The van der Waals surface area contributed by atoms with Gasteiger partial charge in [0.1, 0.15) is 6.10 Å². The van der Waals surface area contributed by atoms with Crippen LogP contribution in [0.1, 0.15) is 316 Å². The third-order valence-corrected chi connectivity index (χ3v) is 13.5. The molecule has 0 bridgehead atoms. The van der Waals surface area contributed by atoms with Crippen molar-refractivity contribution in [2.45, 2.75) is 334 Å². The predicted molar refractivity (Wildman–Crippen MR) is 283 cm³/mol. The van der Waals surface area contributed by atoms with E-state index in [0.29, 0.717) is 19.3 Å². The second kappa shape index (κ2) is 53.3. The minimum Gasteiger partial charge on any atom is -0.462 e. The number of allylic oxidation sites excluding steroid dienone is 4. The van der Waals surface area contributed by atoms with Crippen LogP contribution in [-0.4, -0.2) is 46.9 Å². The van der Waals surface area contributed by atoms with Crippen molar-refractivity contribution in [3.05, 3.63) is 24.3 Å². The van der Waals surface area contributed by atoms with Crippen molar-refractivity contribution in [1.29, 1.82) is 0 Å². The van der Waals surface area contributed by atoms with Crippen LogP contribution in [0.15, 0.2) is 24.3 Å². The number of hydrogen-bond acceptors (Lipinski definition) is 5. The Morgan fingerprint density at radius 3 is 1.09 bits per heavy atom. The number of aliphatic hydroxyl groups is 2. The number of nitrogens with one attached hydrogen (secondary N) is 1. The zero-order valence-electron chi connectivity index (χ0n) is 43.9. The minimum atomic E-state index is -0.786. The highest BCUT2D eigenvalue weighted by atomic mass is 16.5. The summed E-state index contributed by atoms with van der Waals surface area (Å²) in [4.78, 5) is 26.3. The Balaban J connectivity index is 4.54. The van der Waals surface area contributed by atoms with Gasteiger partial charge in [-0.15, -0.1) is 0 Å². The third kappa shape index (κ3) is 48.6. The van der Waals surface area contributed by atoms with E-state index in [9.17, 15) is 19.8 Å². The summed E-state index contributed by atoms with van der Waals surface area (Å²) in [5.41, 5.74) is 0. The van der Waals surface area contributed by atoms with Crippen molar-refractivity contribution in [2.24, 2.45) is 0 Å². The average molecular weight is 917 g/mol. The van der Waals surface area contributed by atoms with Crippen LogP contribution in [0.2, 0.25) is 0 Å². The predicted octanol–water partition coefficient (Wildman–Crippen LogP) is 17.9. The van der Waals surface area contributed by atoms with Gasteiger partial charge in [0.2, 0.25) is 5.91 Å². The lowest BCUT2D eigenvalue weighted by molar-refractivity contribution is -0.151. The van der Waals surface area contributed by atoms with Crippen LogP contribution < -0.4 is 5.32 Å². The molecule has 0 aromatic rings. The monoisotopic (exact) mass is 916 g/mol. The molecular weight excluding hydrogens is 803 g/mol. The number of unbranched alkanes of at least 4 members (excludes halogenated alkanes) is 37. The van der Waals surface area contributed by atoms with Crippen molar-refractivity contribution in [2.75, 3.05) is 6.61 Å². The number of aliphatic hydroxyl groups excluding tert-OH is 2. The van der Waals surface area contributed by atoms with Crippen LogP contribution in [0.3, 0.4) is 0 Å². The topological polar surface area (TPSA) is 95.9 Å². The summed E-state index contributed by atoms with van der Waals surface area (Å²) in [5, 5.41) is 23.9. The van der Waals surface area contributed by atoms with Gasteiger partial charge in [-0.05, 0) is 77.0 Å². The van der Waals surface area contributed by atoms with E-state index >= 15 is 0 Å². The molecule has 1 amide bonds. The van der Waals surface area contributed by atoms with Gasteiger partial charge < -0.3 is 20.3 Å². The molecule has 0 aromatic heterocycles. The van der Waals surface area contributed by atoms with Crippen molar-refractivity contribution in [1.82, 2.24) is 5.32 Å². The Kier molecular flexibility index (Phi) is 51.9. The smallest absolute Gasteiger partial charge is 0.306 e. The Bertz CT molecular complexity index is 1030. The maximum absolute atomic E-state index is 13.3. The maximum atomic E-state index is 13.3. The summed E-state index contributed by atoms with van der Waals surface area (Å²) < 4.78 is 5.97. The molecule has 3 unspecified atom stereocenters. The van der Waals surface area contributed by atoms with Crippen LogP contribution in [0, 0.1) is 0 Å². The fraction of sp³-hybridized carbons (Fsp3) is 0.898. The van der Waals surface area contributed by atoms with Crippen LogP contribution in [0.25, 0.3) is 0 Å². The van der Waals surface area contributed by atoms with E-state index in [0.717, 1.165) is 51.4 Å². The maximum Gasteiger partial charge on any atom is 0.306 e. The van der Waals surface area contributed by atoms with Crippen LogP contribution in [-0.2, 0) is 14.3 Å². The van der Waals surface area contributed by atoms with E-state index in [4.69, 9.17) is 4.74 Å². The Morgan fingerprint density at radius 2 is 0.738 bits per heavy atom. The Morgan fingerprint density at radius 1 is 0.431 bits per heavy atom. The second-order valence-corrected chi connectivity index (χ2v) is 20.0. The zero-order valence-corrected chi connectivity index (χ0v) is 43.9. The molecule has 0 rings (SSSR count). The zero-order chi connectivity index (χ0) is 47.4. The molecule has 0 aromatic carbocycles. The summed E-state index contributed by atoms with van der Waals surface area (Å²) in [6, 6.07) is -0.700. The number of hydrogen-bond donors (Lipinski definition) is 3. The number of amides is 1. The van der Waals surface area contributed by atoms with Gasteiger partial charge in [0, 0.05) is 6.42 Å². The van der Waals surface area contributed by atoms with E-state index in [1.54, 1.807) is 0 Å². The SMILES string of the molecule is CCCCCCCC/C=C/CCCCCCCCCC(=O)OC(CCCCCCCCC/C=C/CCCCCCCC)CC(=O)NC(CO)C(O)CCCCCCCCCCCCCC. The number of rotatable bonds is 53. The van der Waals surface area contributed by atoms with Gasteiger partial charge in [0.15, 0.2) is 0 Å². The van der Waals surface area contributed by atoms with E-state index < -0.39 is 18.2 Å². The average Bonchev–Trinajstić information content (AvgIpc) is 3.30. The van der Waals surface area contributed by atoms with Crippen molar-refractivity contribution < 1.29 is 24.5 Å². The number of carbonyl (C=O) groups is 2. The molecule has 384 valence electrons. The first-order chi connectivity index (χ1) is 32.0. The standard InChI is InChI=1S/C59H113NO5/c1-4-7-10-13-16-19-22-25-27-29-31-33-35-38-41-44-47-50-55(65-59(64)52-49-46-43-40-37-34-32-30-28-26-23-20-17-14-11-8-5-2)53-58(63)60-56(54-61)57(62)51-48-45-42-39-36-24-21-18-15-12-9-6-3/h25-28,55-57,61-62H,4-24,29-54H2,1-3H3,(H,60,63)/b27-25+,28-26+. The van der Waals surface area contributed by atoms with Gasteiger partial charge in [-0.1, -0.05) is 251 Å². The molecule has 0 heterocycles. The van der Waals surface area contributed by atoms with Gasteiger partial charge in [-0.3, -0.25) is 9.59 Å². The summed E-state index contributed by atoms with van der Waals surface area (Å²) in [7, 11) is 0. The summed E-state index contributed by atoms with van der Waals surface area (Å²) >= 11 is 0. The molecule has 6 nitrogen and oxygen atoms in total. The highest BCUT2D eigenvalue weighted by molar-refractivity contribution is 5.77. The minimum absolute atomic E-state index is 0.0776. The molecule has 0 spiro atoms. The largest absolute Gasteiger partial charge is 0.462 e. The molecule has 3 N–H and O–H groups in total. The summed E-state index contributed by atoms with van der Waals surface area (Å²) in [6.07, 6.45) is 62.4. The van der Waals surface area contributed by atoms with E-state index in [1.165, 1.54) is 218 Å². The van der Waals surface area contributed by atoms with Gasteiger partial charge in [-0.25, -0.2) is 0 Å². The van der Waals surface area contributed by atoms with Crippen LogP contribution in [0.4, 0.5) is 0 Å². The summed E-state index contributed by atoms with van der Waals surface area (Å²) in [5.74, 6) is -0.466. The quantitative estimate of drug-likeness (QED) is 0.0321. The number of ether oxygens (including phenoxy) is 1. The summed E-state index contributed by atoms with van der Waals surface area (Å²) in [6.45, 7) is 6.51. The van der Waals surface area contributed by atoms with Crippen molar-refractivity contribution in [3.63, 3.8) is 0 Å². The normalized spacial score (nSPS) is 13.2. The molecule has 0 fully saturated rings. The Labute approximate surface area is 405 Å². The first-order valence-electron chi connectivity index (χ1n) is 29.1. The van der Waals surface area contributed by atoms with E-state index in [2.05, 4.69) is 50.4 Å². The van der Waals surface area contributed by atoms with Crippen LogP contribution >= 0.6 is 0 Å². The number of carbonyl (C=O) groups excluding carboxylic acids is 2. The van der Waals surface area contributed by atoms with Gasteiger partial charge in [0.05, 0.1) is 25.2 Å². The molecule has 0 saturated heterocycles. The molecular formula is C59H113NO5. The fourth-order valence-electron chi connectivity index (χ4n) is 9.07. The van der Waals surface area contributed by atoms with Crippen molar-refractivity contribution in [3.8, 4) is 0 Å². The third-order valence-electron chi connectivity index (χ3n) is 13.5. The molecule has 0 aliphatic heterocycles. The van der Waals surface area contributed by atoms with Gasteiger partial charge in [-0.2, -0.15) is 0 Å². The van der Waals surface area contributed by atoms with Gasteiger partial charge >= 0.3 is 5.97 Å². The highest BCUT2D eigenvalue weighted by Crippen LogP contribution is 2.19. The lowest BCUT2D eigenvalue weighted by atomic mass is 10.0. The van der Waals surface area contributed by atoms with Crippen LogP contribution in [0.5, 0.6) is 0 Å². The van der Waals surface area contributed by atoms with E-state index in [-0.39, 0.29) is 24.9 Å².